The van der Waals surface area contributed by atoms with Crippen LogP contribution in [0.25, 0.3) is 0 Å². The zero-order valence-corrected chi connectivity index (χ0v) is 21.1. The van der Waals surface area contributed by atoms with E-state index in [-0.39, 0.29) is 17.9 Å². The standard InChI is InChI=1S/C28H47FN4O/c29-24-12-14-32(15-13-24)28(34)26-16-22-10-11-23(27(30)31)17-25(22)33(26)18-19-6-8-21(9-7-19)20-4-2-1-3-5-20/h19-26H,1-18H2,(H3,30,31). The Morgan fingerprint density at radius 2 is 1.47 bits per heavy atom. The van der Waals surface area contributed by atoms with Crippen molar-refractivity contribution in [3.63, 3.8) is 0 Å². The highest BCUT2D eigenvalue weighted by atomic mass is 19.1. The van der Waals surface area contributed by atoms with Gasteiger partial charge in [-0.3, -0.25) is 15.1 Å². The number of hydrogen-bond acceptors (Lipinski definition) is 3. The van der Waals surface area contributed by atoms with Crippen molar-refractivity contribution in [1.82, 2.24) is 9.80 Å². The monoisotopic (exact) mass is 474 g/mol. The number of likely N-dealkylation sites (tertiary alicyclic amines) is 2. The quantitative estimate of drug-likeness (QED) is 0.429. The van der Waals surface area contributed by atoms with Crippen molar-refractivity contribution in [3.8, 4) is 0 Å². The van der Waals surface area contributed by atoms with Crippen molar-refractivity contribution in [2.45, 2.75) is 115 Å². The number of amidine groups is 1. The molecule has 2 aliphatic heterocycles. The van der Waals surface area contributed by atoms with E-state index in [1.54, 1.807) is 0 Å². The first-order valence-corrected chi connectivity index (χ1v) is 14.5. The number of halogens is 1. The van der Waals surface area contributed by atoms with E-state index in [4.69, 9.17) is 11.1 Å². The average molecular weight is 475 g/mol. The van der Waals surface area contributed by atoms with Crippen molar-refractivity contribution >= 4 is 11.7 Å². The van der Waals surface area contributed by atoms with Crippen LogP contribution in [0.2, 0.25) is 0 Å². The molecule has 0 aromatic rings. The fourth-order valence-corrected chi connectivity index (χ4v) is 8.36. The maximum Gasteiger partial charge on any atom is 0.239 e. The molecule has 6 heteroatoms. The summed E-state index contributed by atoms with van der Waals surface area (Å²) in [4.78, 5) is 18.2. The normalized spacial score (nSPS) is 38.6. The van der Waals surface area contributed by atoms with E-state index in [1.165, 1.54) is 57.8 Å². The van der Waals surface area contributed by atoms with E-state index in [0.29, 0.717) is 49.6 Å². The van der Waals surface area contributed by atoms with Gasteiger partial charge in [-0.15, -0.1) is 0 Å². The van der Waals surface area contributed by atoms with Crippen LogP contribution >= 0.6 is 0 Å². The number of amides is 1. The molecule has 1 amide bonds. The average Bonchev–Trinajstić information content (AvgIpc) is 3.22. The predicted octanol–water partition coefficient (Wildman–Crippen LogP) is 5.13. The summed E-state index contributed by atoms with van der Waals surface area (Å²) >= 11 is 0. The highest BCUT2D eigenvalue weighted by Gasteiger charge is 2.49. The van der Waals surface area contributed by atoms with E-state index in [2.05, 4.69) is 4.90 Å². The summed E-state index contributed by atoms with van der Waals surface area (Å²) in [6.45, 7) is 2.17. The van der Waals surface area contributed by atoms with Crippen LogP contribution in [0.15, 0.2) is 0 Å². The van der Waals surface area contributed by atoms with Gasteiger partial charge in [0, 0.05) is 31.6 Å². The van der Waals surface area contributed by atoms with Crippen molar-refractivity contribution in [2.24, 2.45) is 35.3 Å². The number of nitrogens with two attached hydrogens (primary N) is 1. The van der Waals surface area contributed by atoms with Crippen LogP contribution < -0.4 is 5.73 Å². The third-order valence-electron chi connectivity index (χ3n) is 10.4. The molecule has 5 fully saturated rings. The van der Waals surface area contributed by atoms with Gasteiger partial charge in [0.25, 0.3) is 0 Å². The van der Waals surface area contributed by atoms with Crippen LogP contribution in [-0.4, -0.2) is 59.4 Å². The summed E-state index contributed by atoms with van der Waals surface area (Å²) in [5, 5.41) is 8.04. The first kappa shape index (κ1) is 24.5. The second kappa shape index (κ2) is 10.8. The molecule has 2 saturated heterocycles. The molecule has 192 valence electrons. The van der Waals surface area contributed by atoms with Gasteiger partial charge in [0.1, 0.15) is 6.17 Å². The minimum atomic E-state index is -0.748. The van der Waals surface area contributed by atoms with Crippen LogP contribution in [0.1, 0.15) is 96.3 Å². The number of piperidine rings is 1. The molecule has 4 unspecified atom stereocenters. The Labute approximate surface area is 205 Å². The summed E-state index contributed by atoms with van der Waals surface area (Å²) in [5.74, 6) is 3.86. The van der Waals surface area contributed by atoms with Crippen molar-refractivity contribution in [1.29, 1.82) is 5.41 Å². The molecule has 5 nitrogen and oxygen atoms in total. The van der Waals surface area contributed by atoms with Gasteiger partial charge >= 0.3 is 0 Å². The first-order chi connectivity index (χ1) is 16.5. The van der Waals surface area contributed by atoms with E-state index in [0.717, 1.165) is 44.1 Å². The maximum absolute atomic E-state index is 13.7. The van der Waals surface area contributed by atoms with Gasteiger partial charge in [0.05, 0.1) is 11.9 Å². The fourth-order valence-electron chi connectivity index (χ4n) is 8.36. The molecular weight excluding hydrogens is 427 g/mol. The van der Waals surface area contributed by atoms with E-state index in [9.17, 15) is 9.18 Å². The van der Waals surface area contributed by atoms with Crippen LogP contribution in [0.3, 0.4) is 0 Å². The van der Waals surface area contributed by atoms with Gasteiger partial charge in [0.15, 0.2) is 0 Å². The highest BCUT2D eigenvalue weighted by molar-refractivity contribution is 5.83. The Hall–Kier alpha value is -1.17. The SMILES string of the molecule is N=C(N)C1CCC2CC(C(=O)N3CCC(F)CC3)N(CC3CCC(C4CCCCC4)CC3)C2C1. The fraction of sp³-hybridized carbons (Fsp3) is 0.929. The number of fused-ring (bicyclic) bond motifs is 1. The molecule has 0 bridgehead atoms. The van der Waals surface area contributed by atoms with Gasteiger partial charge in [-0.05, 0) is 87.9 Å². The maximum atomic E-state index is 13.7. The first-order valence-electron chi connectivity index (χ1n) is 14.5. The number of nitrogens with zero attached hydrogens (tertiary/aromatic N) is 2. The topological polar surface area (TPSA) is 73.4 Å². The number of hydrogen-bond donors (Lipinski definition) is 2. The van der Waals surface area contributed by atoms with Gasteiger partial charge < -0.3 is 10.6 Å². The van der Waals surface area contributed by atoms with Gasteiger partial charge in [0.2, 0.25) is 5.91 Å². The Morgan fingerprint density at radius 1 is 0.824 bits per heavy atom. The molecule has 3 saturated carbocycles. The number of alkyl halides is 1. The lowest BCUT2D eigenvalue weighted by atomic mass is 9.71. The molecular formula is C28H47FN4O. The molecule has 3 N–H and O–H groups in total. The zero-order chi connectivity index (χ0) is 23.7. The molecule has 5 rings (SSSR count). The summed E-state index contributed by atoms with van der Waals surface area (Å²) in [6.07, 6.45) is 16.7. The molecule has 0 aromatic heterocycles. The second-order valence-corrected chi connectivity index (χ2v) is 12.4. The Morgan fingerprint density at radius 3 is 2.15 bits per heavy atom. The molecule has 3 aliphatic carbocycles. The van der Waals surface area contributed by atoms with Crippen molar-refractivity contribution in [2.75, 3.05) is 19.6 Å². The minimum Gasteiger partial charge on any atom is -0.387 e. The van der Waals surface area contributed by atoms with E-state index in [1.807, 2.05) is 4.90 Å². The molecule has 0 spiro atoms. The van der Waals surface area contributed by atoms with E-state index < -0.39 is 6.17 Å². The molecule has 34 heavy (non-hydrogen) atoms. The lowest BCUT2D eigenvalue weighted by Crippen LogP contribution is -2.52. The lowest BCUT2D eigenvalue weighted by Gasteiger charge is -2.42. The number of nitrogens with one attached hydrogen (secondary N) is 1. The molecule has 0 radical (unpaired) electrons. The van der Waals surface area contributed by atoms with Gasteiger partial charge in [-0.2, -0.15) is 0 Å². The van der Waals surface area contributed by atoms with Gasteiger partial charge in [-0.25, -0.2) is 4.39 Å². The number of carbonyl (C=O) groups is 1. The molecule has 0 aromatic carbocycles. The Bertz CT molecular complexity index is 709. The summed E-state index contributed by atoms with van der Waals surface area (Å²) < 4.78 is 13.7. The van der Waals surface area contributed by atoms with Crippen molar-refractivity contribution < 1.29 is 9.18 Å². The number of rotatable bonds is 5. The molecule has 2 heterocycles. The van der Waals surface area contributed by atoms with Gasteiger partial charge in [-0.1, -0.05) is 32.1 Å². The summed E-state index contributed by atoms with van der Waals surface area (Å²) in [5.41, 5.74) is 5.94. The third-order valence-corrected chi connectivity index (χ3v) is 10.4. The minimum absolute atomic E-state index is 0.0482. The Balaban J connectivity index is 1.25. The van der Waals surface area contributed by atoms with Crippen LogP contribution in [-0.2, 0) is 4.79 Å². The summed E-state index contributed by atoms with van der Waals surface area (Å²) in [6, 6.07) is 0.333. The highest BCUT2D eigenvalue weighted by Crippen LogP contribution is 2.45. The molecule has 4 atom stereocenters. The Kier molecular flexibility index (Phi) is 7.82. The van der Waals surface area contributed by atoms with Crippen LogP contribution in [0.4, 0.5) is 4.39 Å². The largest absolute Gasteiger partial charge is 0.387 e. The zero-order valence-electron chi connectivity index (χ0n) is 21.1. The molecule has 5 aliphatic rings. The third kappa shape index (κ3) is 5.32. The number of carbonyl (C=O) groups excluding carboxylic acids is 1. The smallest absolute Gasteiger partial charge is 0.239 e. The predicted molar refractivity (Wildman–Crippen MR) is 134 cm³/mol. The van der Waals surface area contributed by atoms with Crippen molar-refractivity contribution in [3.05, 3.63) is 0 Å². The summed E-state index contributed by atoms with van der Waals surface area (Å²) in [7, 11) is 0. The van der Waals surface area contributed by atoms with E-state index >= 15 is 0 Å². The lowest BCUT2D eigenvalue weighted by molar-refractivity contribution is -0.138. The second-order valence-electron chi connectivity index (χ2n) is 12.4. The van der Waals surface area contributed by atoms with Crippen LogP contribution in [0, 0.1) is 35.0 Å². The van der Waals surface area contributed by atoms with Crippen LogP contribution in [0.5, 0.6) is 0 Å².